The van der Waals surface area contributed by atoms with Gasteiger partial charge >= 0.3 is 0 Å². The van der Waals surface area contributed by atoms with Crippen molar-refractivity contribution in [2.24, 2.45) is 5.10 Å². The molecule has 26 heavy (non-hydrogen) atoms. The summed E-state index contributed by atoms with van der Waals surface area (Å²) in [7, 11) is 0. The van der Waals surface area contributed by atoms with Crippen molar-refractivity contribution < 1.29 is 19.2 Å². The third kappa shape index (κ3) is 3.75. The highest BCUT2D eigenvalue weighted by molar-refractivity contribution is 5.94. The van der Waals surface area contributed by atoms with E-state index in [1.54, 1.807) is 30.3 Å². The lowest BCUT2D eigenvalue weighted by Gasteiger charge is -1.99. The molecule has 3 aromatic rings. The molecule has 0 fully saturated rings. The number of furan rings is 1. The molecule has 0 radical (unpaired) electrons. The molecule has 0 spiro atoms. The lowest BCUT2D eigenvalue weighted by atomic mass is 10.1. The SMILES string of the molecule is O=C(NN=Cc1ccc(-c2ccccc2[N+](=O)[O-])o1)c1ccc(O)cc1. The van der Waals surface area contributed by atoms with Gasteiger partial charge in [0.15, 0.2) is 0 Å². The number of nitro benzene ring substituents is 1. The number of hydrogen-bond donors (Lipinski definition) is 2. The Morgan fingerprint density at radius 2 is 1.85 bits per heavy atom. The highest BCUT2D eigenvalue weighted by atomic mass is 16.6. The Hall–Kier alpha value is -3.94. The van der Waals surface area contributed by atoms with Crippen LogP contribution < -0.4 is 5.43 Å². The predicted molar refractivity (Wildman–Crippen MR) is 94.0 cm³/mol. The topological polar surface area (TPSA) is 118 Å². The summed E-state index contributed by atoms with van der Waals surface area (Å²) in [5, 5.41) is 24.1. The maximum Gasteiger partial charge on any atom is 0.280 e. The van der Waals surface area contributed by atoms with E-state index in [1.807, 2.05) is 0 Å². The van der Waals surface area contributed by atoms with Crippen molar-refractivity contribution in [1.29, 1.82) is 0 Å². The molecule has 0 aliphatic heterocycles. The Balaban J connectivity index is 1.71. The van der Waals surface area contributed by atoms with E-state index in [9.17, 15) is 20.0 Å². The molecule has 2 N–H and O–H groups in total. The average molecular weight is 351 g/mol. The lowest BCUT2D eigenvalue weighted by Crippen LogP contribution is -2.17. The van der Waals surface area contributed by atoms with E-state index in [0.717, 1.165) is 0 Å². The van der Waals surface area contributed by atoms with Gasteiger partial charge in [-0.05, 0) is 42.5 Å². The molecule has 0 atom stereocenters. The van der Waals surface area contributed by atoms with Crippen LogP contribution in [0.15, 0.2) is 70.2 Å². The Labute approximate surface area is 147 Å². The number of hydrazone groups is 1. The van der Waals surface area contributed by atoms with Crippen LogP contribution in [0.2, 0.25) is 0 Å². The number of benzene rings is 2. The highest BCUT2D eigenvalue weighted by Crippen LogP contribution is 2.30. The molecule has 1 amide bonds. The van der Waals surface area contributed by atoms with Crippen molar-refractivity contribution in [2.45, 2.75) is 0 Å². The Morgan fingerprint density at radius 1 is 1.12 bits per heavy atom. The molecular formula is C18H13N3O5. The van der Waals surface area contributed by atoms with Crippen LogP contribution in [-0.4, -0.2) is 22.2 Å². The van der Waals surface area contributed by atoms with Gasteiger partial charge in [-0.3, -0.25) is 14.9 Å². The van der Waals surface area contributed by atoms with Crippen LogP contribution in [0.1, 0.15) is 16.1 Å². The molecule has 1 aromatic heterocycles. The first kappa shape index (κ1) is 16.9. The smallest absolute Gasteiger partial charge is 0.280 e. The Morgan fingerprint density at radius 3 is 2.58 bits per heavy atom. The molecule has 0 saturated heterocycles. The second kappa shape index (κ2) is 7.31. The van der Waals surface area contributed by atoms with Crippen molar-refractivity contribution in [2.75, 3.05) is 0 Å². The van der Waals surface area contributed by atoms with E-state index in [-0.39, 0.29) is 11.4 Å². The summed E-state index contributed by atoms with van der Waals surface area (Å²) in [6.07, 6.45) is 1.29. The van der Waals surface area contributed by atoms with Crippen LogP contribution in [0.4, 0.5) is 5.69 Å². The molecule has 0 unspecified atom stereocenters. The average Bonchev–Trinajstić information content (AvgIpc) is 3.11. The molecule has 0 aliphatic rings. The third-order valence-electron chi connectivity index (χ3n) is 3.48. The minimum absolute atomic E-state index is 0.0585. The van der Waals surface area contributed by atoms with E-state index in [4.69, 9.17) is 4.42 Å². The van der Waals surface area contributed by atoms with Gasteiger partial charge < -0.3 is 9.52 Å². The van der Waals surface area contributed by atoms with Gasteiger partial charge in [-0.15, -0.1) is 0 Å². The van der Waals surface area contributed by atoms with E-state index in [0.29, 0.717) is 22.6 Å². The normalized spacial score (nSPS) is 10.8. The molecule has 2 aromatic carbocycles. The maximum atomic E-state index is 11.9. The second-order valence-electron chi connectivity index (χ2n) is 5.22. The summed E-state index contributed by atoms with van der Waals surface area (Å²) >= 11 is 0. The van der Waals surface area contributed by atoms with Gasteiger partial charge in [0.25, 0.3) is 11.6 Å². The number of rotatable bonds is 5. The Kier molecular flexibility index (Phi) is 4.75. The molecular weight excluding hydrogens is 338 g/mol. The number of nitro groups is 1. The summed E-state index contributed by atoms with van der Waals surface area (Å²) in [5.74, 6) is 0.252. The highest BCUT2D eigenvalue weighted by Gasteiger charge is 2.16. The van der Waals surface area contributed by atoms with E-state index >= 15 is 0 Å². The van der Waals surface area contributed by atoms with Gasteiger partial charge in [0.1, 0.15) is 17.3 Å². The van der Waals surface area contributed by atoms with Crippen molar-refractivity contribution in [3.63, 3.8) is 0 Å². The van der Waals surface area contributed by atoms with Crippen LogP contribution in [-0.2, 0) is 0 Å². The molecule has 8 nitrogen and oxygen atoms in total. The number of para-hydroxylation sites is 1. The van der Waals surface area contributed by atoms with Crippen molar-refractivity contribution in [1.82, 2.24) is 5.43 Å². The molecule has 3 rings (SSSR count). The summed E-state index contributed by atoms with van der Waals surface area (Å²) in [5.41, 5.74) is 2.95. The van der Waals surface area contributed by atoms with Gasteiger partial charge in [0.2, 0.25) is 0 Å². The summed E-state index contributed by atoms with van der Waals surface area (Å²) in [4.78, 5) is 22.5. The van der Waals surface area contributed by atoms with Gasteiger partial charge in [0, 0.05) is 11.6 Å². The second-order valence-corrected chi connectivity index (χ2v) is 5.22. The van der Waals surface area contributed by atoms with Gasteiger partial charge in [-0.25, -0.2) is 5.43 Å². The molecule has 0 saturated carbocycles. The fourth-order valence-electron chi connectivity index (χ4n) is 2.24. The lowest BCUT2D eigenvalue weighted by molar-refractivity contribution is -0.384. The van der Waals surface area contributed by atoms with E-state index in [2.05, 4.69) is 10.5 Å². The number of nitrogens with zero attached hydrogens (tertiary/aromatic N) is 2. The zero-order valence-electron chi connectivity index (χ0n) is 13.3. The fraction of sp³-hybridized carbons (Fsp3) is 0. The number of phenols is 1. The first-order chi connectivity index (χ1) is 12.5. The van der Waals surface area contributed by atoms with Gasteiger partial charge in [-0.1, -0.05) is 12.1 Å². The van der Waals surface area contributed by atoms with Crippen LogP contribution in [0.5, 0.6) is 5.75 Å². The zero-order chi connectivity index (χ0) is 18.5. The van der Waals surface area contributed by atoms with Crippen molar-refractivity contribution in [3.8, 4) is 17.1 Å². The molecule has 0 bridgehead atoms. The summed E-state index contributed by atoms with van der Waals surface area (Å²) in [6, 6.07) is 15.1. The third-order valence-corrected chi connectivity index (χ3v) is 3.48. The number of phenolic OH excluding ortho intramolecular Hbond substituents is 1. The largest absolute Gasteiger partial charge is 0.508 e. The van der Waals surface area contributed by atoms with Gasteiger partial charge in [-0.2, -0.15) is 5.10 Å². The van der Waals surface area contributed by atoms with Crippen LogP contribution >= 0.6 is 0 Å². The van der Waals surface area contributed by atoms with Gasteiger partial charge in [0.05, 0.1) is 16.7 Å². The van der Waals surface area contributed by atoms with Crippen molar-refractivity contribution >= 4 is 17.8 Å². The number of carbonyl (C=O) groups excluding carboxylic acids is 1. The number of amides is 1. The van der Waals surface area contributed by atoms with E-state index in [1.165, 1.54) is 36.5 Å². The zero-order valence-corrected chi connectivity index (χ0v) is 13.3. The van der Waals surface area contributed by atoms with Crippen molar-refractivity contribution in [3.05, 3.63) is 82.1 Å². The monoisotopic (exact) mass is 351 g/mol. The number of nitrogens with one attached hydrogen (secondary N) is 1. The van der Waals surface area contributed by atoms with E-state index < -0.39 is 10.8 Å². The standard InChI is InChI=1S/C18H13N3O5/c22-13-7-5-12(6-8-13)18(23)20-19-11-14-9-10-17(26-14)15-3-1-2-4-16(15)21(24)25/h1-11,22H,(H,20,23). The van der Waals surface area contributed by atoms with Crippen LogP contribution in [0.3, 0.4) is 0 Å². The fourth-order valence-corrected chi connectivity index (χ4v) is 2.24. The first-order valence-electron chi connectivity index (χ1n) is 7.50. The maximum absolute atomic E-state index is 11.9. The number of carbonyl (C=O) groups is 1. The van der Waals surface area contributed by atoms with Crippen LogP contribution in [0.25, 0.3) is 11.3 Å². The molecule has 130 valence electrons. The first-order valence-corrected chi connectivity index (χ1v) is 7.50. The molecule has 8 heteroatoms. The summed E-state index contributed by atoms with van der Waals surface area (Å²) in [6.45, 7) is 0. The summed E-state index contributed by atoms with van der Waals surface area (Å²) < 4.78 is 5.53. The minimum atomic E-state index is -0.483. The number of aromatic hydroxyl groups is 1. The number of hydrogen-bond acceptors (Lipinski definition) is 6. The molecule has 0 aliphatic carbocycles. The predicted octanol–water partition coefficient (Wildman–Crippen LogP) is 3.32. The molecule has 1 heterocycles. The van der Waals surface area contributed by atoms with Crippen LogP contribution in [0, 0.1) is 10.1 Å². The minimum Gasteiger partial charge on any atom is -0.508 e. The quantitative estimate of drug-likeness (QED) is 0.415. The Bertz CT molecular complexity index is 977.